The highest BCUT2D eigenvalue weighted by Crippen LogP contribution is 2.16. The maximum absolute atomic E-state index is 12.3. The molecule has 2 N–H and O–H groups in total. The maximum Gasteiger partial charge on any atom is 0.254 e. The summed E-state index contributed by atoms with van der Waals surface area (Å²) in [6.07, 6.45) is 5.20. The zero-order valence-electron chi connectivity index (χ0n) is 10.9. The number of terminal acetylenes is 1. The first-order valence-electron chi connectivity index (χ1n) is 5.67. The molecule has 0 radical (unpaired) electrons. The summed E-state index contributed by atoms with van der Waals surface area (Å²) >= 11 is 0. The standard InChI is InChI=1S/C13H16N2O3S/c1-4-8-15(5-2)13(16)12-9-11(19(14,17)18)7-6-10(12)3/h1,6-7,9H,5,8H2,2-3H3,(H2,14,17,18). The molecule has 0 unspecified atom stereocenters. The van der Waals surface area contributed by atoms with E-state index in [1.54, 1.807) is 19.9 Å². The average Bonchev–Trinajstić information content (AvgIpc) is 2.34. The van der Waals surface area contributed by atoms with Crippen molar-refractivity contribution in [3.63, 3.8) is 0 Å². The topological polar surface area (TPSA) is 80.5 Å². The van der Waals surface area contributed by atoms with Crippen LogP contribution in [0.3, 0.4) is 0 Å². The monoisotopic (exact) mass is 280 g/mol. The Hall–Kier alpha value is -1.84. The van der Waals surface area contributed by atoms with Gasteiger partial charge in [-0.15, -0.1) is 6.42 Å². The molecule has 0 aliphatic carbocycles. The molecule has 102 valence electrons. The molecule has 5 nitrogen and oxygen atoms in total. The van der Waals surface area contributed by atoms with Crippen LogP contribution in [0.4, 0.5) is 0 Å². The molecule has 0 aliphatic rings. The highest BCUT2D eigenvalue weighted by molar-refractivity contribution is 7.89. The molecular formula is C13H16N2O3S. The van der Waals surface area contributed by atoms with E-state index in [1.165, 1.54) is 17.0 Å². The van der Waals surface area contributed by atoms with Crippen molar-refractivity contribution in [2.75, 3.05) is 13.1 Å². The lowest BCUT2D eigenvalue weighted by Gasteiger charge is -2.19. The first-order chi connectivity index (χ1) is 8.81. The van der Waals surface area contributed by atoms with Gasteiger partial charge in [-0.1, -0.05) is 12.0 Å². The molecule has 1 rings (SSSR count). The number of rotatable bonds is 4. The van der Waals surface area contributed by atoms with Crippen molar-refractivity contribution < 1.29 is 13.2 Å². The van der Waals surface area contributed by atoms with Crippen LogP contribution in [-0.4, -0.2) is 32.3 Å². The summed E-state index contributed by atoms with van der Waals surface area (Å²) in [6.45, 7) is 4.15. The molecule has 0 bridgehead atoms. The number of carbonyl (C=O) groups is 1. The normalized spacial score (nSPS) is 10.8. The second-order valence-corrected chi connectivity index (χ2v) is 5.61. The van der Waals surface area contributed by atoms with E-state index in [4.69, 9.17) is 11.6 Å². The van der Waals surface area contributed by atoms with E-state index in [0.29, 0.717) is 17.7 Å². The number of carbonyl (C=O) groups excluding carboxylic acids is 1. The molecular weight excluding hydrogens is 264 g/mol. The number of aryl methyl sites for hydroxylation is 1. The molecule has 19 heavy (non-hydrogen) atoms. The first kappa shape index (κ1) is 15.2. The van der Waals surface area contributed by atoms with E-state index < -0.39 is 10.0 Å². The van der Waals surface area contributed by atoms with E-state index >= 15 is 0 Å². The predicted molar refractivity (Wildman–Crippen MR) is 73.0 cm³/mol. The van der Waals surface area contributed by atoms with Gasteiger partial charge in [-0.2, -0.15) is 0 Å². The van der Waals surface area contributed by atoms with Crippen molar-refractivity contribution in [2.45, 2.75) is 18.7 Å². The van der Waals surface area contributed by atoms with Gasteiger partial charge in [-0.05, 0) is 31.5 Å². The van der Waals surface area contributed by atoms with Gasteiger partial charge in [0.15, 0.2) is 0 Å². The van der Waals surface area contributed by atoms with Crippen molar-refractivity contribution in [1.82, 2.24) is 4.90 Å². The van der Waals surface area contributed by atoms with Gasteiger partial charge in [0.2, 0.25) is 10.0 Å². The Labute approximate surface area is 113 Å². The van der Waals surface area contributed by atoms with Crippen molar-refractivity contribution in [2.24, 2.45) is 5.14 Å². The number of nitrogens with two attached hydrogens (primary N) is 1. The average molecular weight is 280 g/mol. The second-order valence-electron chi connectivity index (χ2n) is 4.05. The second kappa shape index (κ2) is 5.87. The van der Waals surface area contributed by atoms with Crippen LogP contribution in [0, 0.1) is 19.3 Å². The summed E-state index contributed by atoms with van der Waals surface area (Å²) < 4.78 is 22.6. The lowest BCUT2D eigenvalue weighted by Crippen LogP contribution is -2.31. The van der Waals surface area contributed by atoms with Crippen molar-refractivity contribution in [3.8, 4) is 12.3 Å². The fourth-order valence-corrected chi connectivity index (χ4v) is 2.16. The summed E-state index contributed by atoms with van der Waals surface area (Å²) in [5.74, 6) is 2.09. The minimum Gasteiger partial charge on any atom is -0.328 e. The van der Waals surface area contributed by atoms with Crippen LogP contribution in [0.5, 0.6) is 0 Å². The zero-order chi connectivity index (χ0) is 14.6. The predicted octanol–water partition coefficient (Wildman–Crippen LogP) is 0.738. The summed E-state index contributed by atoms with van der Waals surface area (Å²) in [5.41, 5.74) is 0.969. The van der Waals surface area contributed by atoms with Gasteiger partial charge in [0, 0.05) is 12.1 Å². The first-order valence-corrected chi connectivity index (χ1v) is 7.22. The number of primary sulfonamides is 1. The molecule has 1 amide bonds. The van der Waals surface area contributed by atoms with Crippen LogP contribution in [0.15, 0.2) is 23.1 Å². The third-order valence-electron chi connectivity index (χ3n) is 2.72. The minimum atomic E-state index is -3.83. The smallest absolute Gasteiger partial charge is 0.254 e. The molecule has 0 atom stereocenters. The number of hydrogen-bond acceptors (Lipinski definition) is 3. The number of amides is 1. The van der Waals surface area contributed by atoms with Crippen LogP contribution in [-0.2, 0) is 10.0 Å². The molecule has 0 spiro atoms. The van der Waals surface area contributed by atoms with E-state index in [-0.39, 0.29) is 17.3 Å². The van der Waals surface area contributed by atoms with Crippen molar-refractivity contribution in [3.05, 3.63) is 29.3 Å². The lowest BCUT2D eigenvalue weighted by atomic mass is 10.1. The Bertz CT molecular complexity index is 630. The van der Waals surface area contributed by atoms with Gasteiger partial charge >= 0.3 is 0 Å². The Kier molecular flexibility index (Phi) is 4.70. The molecule has 1 aromatic carbocycles. The Morgan fingerprint density at radius 1 is 1.47 bits per heavy atom. The summed E-state index contributed by atoms with van der Waals surface area (Å²) in [7, 11) is -3.83. The van der Waals surface area contributed by atoms with Gasteiger partial charge in [0.05, 0.1) is 11.4 Å². The van der Waals surface area contributed by atoms with E-state index in [9.17, 15) is 13.2 Å². The van der Waals surface area contributed by atoms with Gasteiger partial charge < -0.3 is 4.90 Å². The summed E-state index contributed by atoms with van der Waals surface area (Å²) in [6, 6.07) is 4.21. The highest BCUT2D eigenvalue weighted by atomic mass is 32.2. The Balaban J connectivity index is 3.27. The zero-order valence-corrected chi connectivity index (χ0v) is 11.7. The largest absolute Gasteiger partial charge is 0.328 e. The van der Waals surface area contributed by atoms with Crippen LogP contribution in [0.1, 0.15) is 22.8 Å². The Morgan fingerprint density at radius 3 is 2.58 bits per heavy atom. The maximum atomic E-state index is 12.3. The molecule has 0 heterocycles. The van der Waals surface area contributed by atoms with Crippen LogP contribution in [0.25, 0.3) is 0 Å². The quantitative estimate of drug-likeness (QED) is 0.826. The van der Waals surface area contributed by atoms with Gasteiger partial charge in [0.25, 0.3) is 5.91 Å². The highest BCUT2D eigenvalue weighted by Gasteiger charge is 2.18. The molecule has 0 saturated heterocycles. The van der Waals surface area contributed by atoms with Crippen LogP contribution in [0.2, 0.25) is 0 Å². The number of benzene rings is 1. The van der Waals surface area contributed by atoms with E-state index in [2.05, 4.69) is 5.92 Å². The van der Waals surface area contributed by atoms with Crippen LogP contribution < -0.4 is 5.14 Å². The SMILES string of the molecule is C#CCN(CC)C(=O)c1cc(S(N)(=O)=O)ccc1C. The van der Waals surface area contributed by atoms with Crippen molar-refractivity contribution in [1.29, 1.82) is 0 Å². The molecule has 0 aromatic heterocycles. The molecule has 0 fully saturated rings. The summed E-state index contributed by atoms with van der Waals surface area (Å²) in [5, 5.41) is 5.06. The Morgan fingerprint density at radius 2 is 2.11 bits per heavy atom. The lowest BCUT2D eigenvalue weighted by molar-refractivity contribution is 0.0784. The molecule has 0 saturated carbocycles. The van der Waals surface area contributed by atoms with Crippen LogP contribution >= 0.6 is 0 Å². The number of sulfonamides is 1. The molecule has 1 aromatic rings. The molecule has 0 aliphatic heterocycles. The van der Waals surface area contributed by atoms with Crippen molar-refractivity contribution >= 4 is 15.9 Å². The number of nitrogens with zero attached hydrogens (tertiary/aromatic N) is 1. The fraction of sp³-hybridized carbons (Fsp3) is 0.308. The minimum absolute atomic E-state index is 0.0850. The van der Waals surface area contributed by atoms with E-state index in [1.807, 2.05) is 0 Å². The van der Waals surface area contributed by atoms with Gasteiger partial charge in [0.1, 0.15) is 0 Å². The van der Waals surface area contributed by atoms with Gasteiger partial charge in [-0.3, -0.25) is 4.79 Å². The summed E-state index contributed by atoms with van der Waals surface area (Å²) in [4.78, 5) is 13.6. The fourth-order valence-electron chi connectivity index (χ4n) is 1.62. The third kappa shape index (κ3) is 3.56. The number of hydrogen-bond donors (Lipinski definition) is 1. The van der Waals surface area contributed by atoms with Gasteiger partial charge in [-0.25, -0.2) is 13.6 Å². The third-order valence-corrected chi connectivity index (χ3v) is 3.63. The molecule has 6 heteroatoms. The van der Waals surface area contributed by atoms with E-state index in [0.717, 1.165) is 0 Å².